The van der Waals surface area contributed by atoms with Crippen molar-refractivity contribution in [1.29, 1.82) is 0 Å². The minimum Gasteiger partial charge on any atom is -0.506 e. The molecule has 0 aliphatic carbocycles. The van der Waals surface area contributed by atoms with E-state index < -0.39 is 0 Å². The summed E-state index contributed by atoms with van der Waals surface area (Å²) in [6, 6.07) is 17.3. The van der Waals surface area contributed by atoms with Crippen molar-refractivity contribution in [2.24, 2.45) is 5.73 Å². The second kappa shape index (κ2) is 9.50. The second-order valence-electron chi connectivity index (χ2n) is 7.92. The van der Waals surface area contributed by atoms with Gasteiger partial charge in [0.1, 0.15) is 11.4 Å². The molecule has 9 heteroatoms. The number of amides is 1. The third-order valence-corrected chi connectivity index (χ3v) is 5.91. The van der Waals surface area contributed by atoms with Crippen LogP contribution in [0.2, 0.25) is 0 Å². The highest BCUT2D eigenvalue weighted by atomic mass is 79.9. The number of rotatable bonds is 8. The number of aromatic nitrogens is 3. The number of hydrogen-bond donors (Lipinski definition) is 3. The zero-order valence-corrected chi connectivity index (χ0v) is 19.8. The van der Waals surface area contributed by atoms with Crippen LogP contribution in [0.15, 0.2) is 59.1 Å². The minimum atomic E-state index is -0.346. The van der Waals surface area contributed by atoms with Crippen LogP contribution >= 0.6 is 15.9 Å². The Labute approximate surface area is 200 Å². The zero-order chi connectivity index (χ0) is 23.5. The number of fused-ring (bicyclic) bond motifs is 1. The molecule has 0 fully saturated rings. The second-order valence-corrected chi connectivity index (χ2v) is 8.83. The first kappa shape index (κ1) is 22.6. The first-order valence-corrected chi connectivity index (χ1v) is 11.3. The van der Waals surface area contributed by atoms with Gasteiger partial charge in [0.15, 0.2) is 0 Å². The molecule has 2 heterocycles. The number of aromatic hydroxyl groups is 1. The van der Waals surface area contributed by atoms with E-state index in [1.165, 1.54) is 0 Å². The molecular formula is C24H25BrN6O2. The lowest BCUT2D eigenvalue weighted by Gasteiger charge is -2.25. The van der Waals surface area contributed by atoms with Gasteiger partial charge in [-0.2, -0.15) is 0 Å². The highest BCUT2D eigenvalue weighted by Crippen LogP contribution is 2.26. The number of nitrogen functional groups attached to an aromatic ring is 1. The Morgan fingerprint density at radius 2 is 1.97 bits per heavy atom. The average molecular weight is 509 g/mol. The van der Waals surface area contributed by atoms with Crippen LogP contribution in [0.3, 0.4) is 0 Å². The molecule has 170 valence electrons. The predicted octanol–water partition coefficient (Wildman–Crippen LogP) is 3.72. The summed E-state index contributed by atoms with van der Waals surface area (Å²) in [5.41, 5.74) is 16.6. The van der Waals surface area contributed by atoms with E-state index in [9.17, 15) is 9.90 Å². The number of nitrogens with two attached hydrogens (primary N) is 2. The molecule has 4 rings (SSSR count). The Kier molecular flexibility index (Phi) is 6.50. The maximum atomic E-state index is 11.4. The van der Waals surface area contributed by atoms with Crippen LogP contribution in [-0.4, -0.2) is 32.1 Å². The fourth-order valence-electron chi connectivity index (χ4n) is 3.76. The van der Waals surface area contributed by atoms with Crippen molar-refractivity contribution < 1.29 is 9.90 Å². The van der Waals surface area contributed by atoms with E-state index in [-0.39, 0.29) is 18.1 Å². The fourth-order valence-corrected chi connectivity index (χ4v) is 4.15. The molecule has 2 aromatic carbocycles. The summed E-state index contributed by atoms with van der Waals surface area (Å²) in [6.45, 7) is 3.24. The van der Waals surface area contributed by atoms with Crippen molar-refractivity contribution in [2.45, 2.75) is 26.4 Å². The Bertz CT molecular complexity index is 1320. The molecule has 1 amide bonds. The van der Waals surface area contributed by atoms with Crippen molar-refractivity contribution in [3.63, 3.8) is 0 Å². The molecule has 8 nitrogen and oxygen atoms in total. The van der Waals surface area contributed by atoms with Crippen molar-refractivity contribution in [1.82, 2.24) is 14.5 Å². The van der Waals surface area contributed by atoms with Gasteiger partial charge in [0.25, 0.3) is 0 Å². The quantitative estimate of drug-likeness (QED) is 0.333. The summed E-state index contributed by atoms with van der Waals surface area (Å²) >= 11 is 3.51. The molecule has 0 aliphatic rings. The number of carbonyl (C=O) groups is 1. The number of halogens is 1. The van der Waals surface area contributed by atoms with Crippen LogP contribution in [-0.2, 0) is 17.9 Å². The van der Waals surface area contributed by atoms with E-state index in [1.54, 1.807) is 12.1 Å². The van der Waals surface area contributed by atoms with Gasteiger partial charge in [-0.05, 0) is 55.0 Å². The fraction of sp³-hybridized carbons (Fsp3) is 0.208. The van der Waals surface area contributed by atoms with E-state index in [1.807, 2.05) is 54.0 Å². The molecule has 0 bridgehead atoms. The van der Waals surface area contributed by atoms with E-state index in [0.29, 0.717) is 31.3 Å². The first-order valence-electron chi connectivity index (χ1n) is 10.5. The van der Waals surface area contributed by atoms with Crippen molar-refractivity contribution >= 4 is 44.5 Å². The van der Waals surface area contributed by atoms with Crippen LogP contribution in [0, 0.1) is 6.92 Å². The third kappa shape index (κ3) is 5.25. The Hall–Kier alpha value is -3.59. The number of aryl methyl sites for hydroxylation is 1. The minimum absolute atomic E-state index is 0.116. The van der Waals surface area contributed by atoms with Gasteiger partial charge in [0.05, 0.1) is 17.6 Å². The number of imidazole rings is 1. The van der Waals surface area contributed by atoms with Crippen molar-refractivity contribution in [2.75, 3.05) is 17.2 Å². The van der Waals surface area contributed by atoms with E-state index >= 15 is 0 Å². The van der Waals surface area contributed by atoms with Gasteiger partial charge >= 0.3 is 0 Å². The lowest BCUT2D eigenvalue weighted by atomic mass is 10.1. The lowest BCUT2D eigenvalue weighted by molar-refractivity contribution is -0.117. The highest BCUT2D eigenvalue weighted by molar-refractivity contribution is 9.10. The molecule has 0 radical (unpaired) electrons. The first-order chi connectivity index (χ1) is 15.8. The monoisotopic (exact) mass is 508 g/mol. The van der Waals surface area contributed by atoms with Gasteiger partial charge in [-0.3, -0.25) is 9.78 Å². The number of primary amides is 1. The number of hydrogen-bond acceptors (Lipinski definition) is 6. The van der Waals surface area contributed by atoms with Crippen molar-refractivity contribution in [3.8, 4) is 5.75 Å². The van der Waals surface area contributed by atoms with Gasteiger partial charge in [-0.1, -0.05) is 28.1 Å². The smallest absolute Gasteiger partial charge is 0.219 e. The molecule has 33 heavy (non-hydrogen) atoms. The van der Waals surface area contributed by atoms with E-state index in [4.69, 9.17) is 11.5 Å². The maximum Gasteiger partial charge on any atom is 0.219 e. The van der Waals surface area contributed by atoms with E-state index in [0.717, 1.165) is 32.5 Å². The van der Waals surface area contributed by atoms with Crippen LogP contribution in [0.4, 0.5) is 11.6 Å². The van der Waals surface area contributed by atoms with Crippen LogP contribution in [0.25, 0.3) is 11.0 Å². The number of anilines is 2. The SMILES string of the molecule is Cc1ccc(O)c(Cn2c(N)nc3ccc(CN(CCC(N)=O)c4cccc(Br)c4)cc32)n1. The average Bonchev–Trinajstić information content (AvgIpc) is 3.08. The molecule has 0 spiro atoms. The largest absolute Gasteiger partial charge is 0.506 e. The summed E-state index contributed by atoms with van der Waals surface area (Å²) in [7, 11) is 0. The maximum absolute atomic E-state index is 11.4. The van der Waals surface area contributed by atoms with Gasteiger partial charge in [-0.15, -0.1) is 0 Å². The van der Waals surface area contributed by atoms with Crippen LogP contribution in [0.1, 0.15) is 23.4 Å². The molecule has 4 aromatic rings. The highest BCUT2D eigenvalue weighted by Gasteiger charge is 2.15. The van der Waals surface area contributed by atoms with Crippen LogP contribution < -0.4 is 16.4 Å². The number of carbonyl (C=O) groups excluding carboxylic acids is 1. The lowest BCUT2D eigenvalue weighted by Crippen LogP contribution is -2.27. The van der Waals surface area contributed by atoms with E-state index in [2.05, 4.69) is 30.8 Å². The normalized spacial score (nSPS) is 11.1. The molecule has 0 atom stereocenters. The standard InChI is InChI=1S/C24H25BrN6O2/c1-15-5-8-22(32)20(28-15)14-31-21-11-16(6-7-19(21)29-24(31)27)13-30(10-9-23(26)33)18-4-2-3-17(25)12-18/h2-8,11-12,32H,9-10,13-14H2,1H3,(H2,26,33)(H2,27,29). The Morgan fingerprint density at radius 1 is 1.15 bits per heavy atom. The zero-order valence-electron chi connectivity index (χ0n) is 18.2. The van der Waals surface area contributed by atoms with Crippen LogP contribution in [0.5, 0.6) is 5.75 Å². The number of nitrogens with zero attached hydrogens (tertiary/aromatic N) is 4. The Morgan fingerprint density at radius 3 is 2.73 bits per heavy atom. The molecular weight excluding hydrogens is 484 g/mol. The number of pyridine rings is 1. The van der Waals surface area contributed by atoms with Gasteiger partial charge in [-0.25, -0.2) is 4.98 Å². The summed E-state index contributed by atoms with van der Waals surface area (Å²) in [5, 5.41) is 10.2. The summed E-state index contributed by atoms with van der Waals surface area (Å²) in [5.74, 6) is 0.120. The molecule has 0 aliphatic heterocycles. The molecule has 0 unspecified atom stereocenters. The topological polar surface area (TPSA) is 123 Å². The summed E-state index contributed by atoms with van der Waals surface area (Å²) < 4.78 is 2.79. The number of benzene rings is 2. The Balaban J connectivity index is 1.68. The molecule has 0 saturated carbocycles. The summed E-state index contributed by atoms with van der Waals surface area (Å²) in [6.07, 6.45) is 0.248. The van der Waals surface area contributed by atoms with Crippen molar-refractivity contribution in [3.05, 3.63) is 76.0 Å². The predicted molar refractivity (Wildman–Crippen MR) is 133 cm³/mol. The van der Waals surface area contributed by atoms with Gasteiger partial charge in [0.2, 0.25) is 11.9 Å². The summed E-state index contributed by atoms with van der Waals surface area (Å²) in [4.78, 5) is 22.4. The molecule has 0 saturated heterocycles. The van der Waals surface area contributed by atoms with Gasteiger partial charge < -0.3 is 26.0 Å². The molecule has 5 N–H and O–H groups in total. The van der Waals surface area contributed by atoms with Gasteiger partial charge in [0, 0.05) is 35.4 Å². The third-order valence-electron chi connectivity index (χ3n) is 5.41. The molecule has 2 aromatic heterocycles.